The number of anilines is 1. The van der Waals surface area contributed by atoms with Crippen LogP contribution in [0.5, 0.6) is 11.6 Å². The van der Waals surface area contributed by atoms with E-state index in [0.717, 1.165) is 17.7 Å². The van der Waals surface area contributed by atoms with E-state index in [0.29, 0.717) is 5.52 Å². The van der Waals surface area contributed by atoms with Gasteiger partial charge >= 0.3 is 17.7 Å². The number of amides is 1. The molecule has 0 spiro atoms. The molecule has 1 aliphatic rings. The molecule has 18 heteroatoms. The van der Waals surface area contributed by atoms with Crippen molar-refractivity contribution in [3.63, 3.8) is 0 Å². The maximum absolute atomic E-state index is 12.5. The second-order valence-corrected chi connectivity index (χ2v) is 9.34. The van der Waals surface area contributed by atoms with Crippen LogP contribution in [-0.4, -0.2) is 88.1 Å². The molecule has 1 saturated heterocycles. The summed E-state index contributed by atoms with van der Waals surface area (Å²) in [6.45, 7) is -0.258. The summed E-state index contributed by atoms with van der Waals surface area (Å²) in [5, 5.41) is 53.2. The van der Waals surface area contributed by atoms with Crippen molar-refractivity contribution in [3.8, 4) is 11.6 Å². The van der Waals surface area contributed by atoms with E-state index in [9.17, 15) is 40.1 Å². The number of aromatic nitrogens is 4. The minimum atomic E-state index is -1.97. The highest BCUT2D eigenvalue weighted by molar-refractivity contribution is 5.85. The van der Waals surface area contributed by atoms with Gasteiger partial charge in [0, 0.05) is 6.07 Å². The Morgan fingerprint density at radius 1 is 1.02 bits per heavy atom. The summed E-state index contributed by atoms with van der Waals surface area (Å²) in [7, 11) is 0. The number of imidazole rings is 1. The third-order valence-electron chi connectivity index (χ3n) is 6.33. The van der Waals surface area contributed by atoms with Crippen LogP contribution in [0.2, 0.25) is 0 Å². The summed E-state index contributed by atoms with van der Waals surface area (Å²) in [6.07, 6.45) is -9.31. The number of aliphatic hydroxyl groups is 3. The van der Waals surface area contributed by atoms with Gasteiger partial charge in [-0.1, -0.05) is 36.4 Å². The standard InChI is InChI=1S/C26H24N6O12/c33-17-18(34)20(23(36)37)44-24(19(17)35)43-15-7-6-13(8-14(15)32(39)40)10-42-26(38)31-25-29-21-16(27-11-28-21)22(30-25)41-9-12-4-2-1-3-5-12/h1-8,11,17-20,24,33-35H,9-10H2,(H,36,37)(H2,27,28,29,30,31,38)/t17-,18-,19+,20-,24+/m0/s1. The molecular formula is C26H24N6O12. The van der Waals surface area contributed by atoms with Crippen LogP contribution in [0.3, 0.4) is 0 Å². The molecule has 0 bridgehead atoms. The third kappa shape index (κ3) is 6.63. The number of aromatic amines is 1. The van der Waals surface area contributed by atoms with E-state index in [1.807, 2.05) is 30.3 Å². The Labute approximate surface area is 246 Å². The van der Waals surface area contributed by atoms with E-state index in [1.54, 1.807) is 0 Å². The Morgan fingerprint density at radius 3 is 2.52 bits per heavy atom. The first-order valence-corrected chi connectivity index (χ1v) is 12.8. The van der Waals surface area contributed by atoms with Gasteiger partial charge in [0.1, 0.15) is 37.0 Å². The zero-order valence-corrected chi connectivity index (χ0v) is 22.3. The number of nitro benzene ring substituents is 1. The maximum Gasteiger partial charge on any atom is 0.414 e. The molecule has 1 fully saturated rings. The summed E-state index contributed by atoms with van der Waals surface area (Å²) < 4.78 is 21.2. The largest absolute Gasteiger partial charge is 0.479 e. The van der Waals surface area contributed by atoms with Crippen LogP contribution >= 0.6 is 0 Å². The number of carboxylic acid groups (broad SMARTS) is 1. The highest BCUT2D eigenvalue weighted by Crippen LogP contribution is 2.32. The van der Waals surface area contributed by atoms with Gasteiger partial charge in [0.05, 0.1) is 11.3 Å². The molecule has 0 unspecified atom stereocenters. The molecule has 6 N–H and O–H groups in total. The van der Waals surface area contributed by atoms with Gasteiger partial charge in [0.25, 0.3) is 0 Å². The van der Waals surface area contributed by atoms with Crippen molar-refractivity contribution in [3.05, 3.63) is 76.1 Å². The average molecular weight is 613 g/mol. The van der Waals surface area contributed by atoms with E-state index in [1.165, 1.54) is 12.4 Å². The number of nitro groups is 1. The number of nitrogens with one attached hydrogen (secondary N) is 2. The van der Waals surface area contributed by atoms with Gasteiger partial charge in [0.15, 0.2) is 17.5 Å². The van der Waals surface area contributed by atoms with Crippen LogP contribution in [0.1, 0.15) is 11.1 Å². The second kappa shape index (κ2) is 12.8. The molecule has 0 saturated carbocycles. The molecule has 5 atom stereocenters. The van der Waals surface area contributed by atoms with Crippen molar-refractivity contribution in [2.75, 3.05) is 5.32 Å². The summed E-state index contributed by atoms with van der Waals surface area (Å²) >= 11 is 0. The first-order chi connectivity index (χ1) is 21.1. The van der Waals surface area contributed by atoms with E-state index < -0.39 is 65.7 Å². The van der Waals surface area contributed by atoms with Gasteiger partial charge in [-0.2, -0.15) is 9.97 Å². The van der Waals surface area contributed by atoms with Gasteiger partial charge in [-0.25, -0.2) is 14.6 Å². The second-order valence-electron chi connectivity index (χ2n) is 9.34. The van der Waals surface area contributed by atoms with Crippen LogP contribution in [0, 0.1) is 10.1 Å². The SMILES string of the molecule is O=C(Nc1nc(OCc2ccccc2)c2[nH]cnc2n1)OCc1ccc(O[C@@H]2O[C@H](C(=O)O)[C@@H](O)[C@H](O)[C@H]2O)c([N+](=O)[O-])c1. The lowest BCUT2D eigenvalue weighted by molar-refractivity contribution is -0.387. The number of aliphatic carboxylic acids is 1. The lowest BCUT2D eigenvalue weighted by atomic mass is 9.99. The van der Waals surface area contributed by atoms with Crippen molar-refractivity contribution in [2.45, 2.75) is 43.9 Å². The molecule has 1 aliphatic heterocycles. The van der Waals surface area contributed by atoms with Crippen LogP contribution in [0.15, 0.2) is 54.9 Å². The zero-order valence-electron chi connectivity index (χ0n) is 22.3. The summed E-state index contributed by atoms with van der Waals surface area (Å²) in [5.74, 6) is -2.15. The number of benzene rings is 2. The van der Waals surface area contributed by atoms with Gasteiger partial charge in [0.2, 0.25) is 18.1 Å². The number of hydrogen-bond donors (Lipinski definition) is 6. The molecule has 5 rings (SSSR count). The van der Waals surface area contributed by atoms with E-state index in [2.05, 4.69) is 25.3 Å². The predicted octanol–water partition coefficient (Wildman–Crippen LogP) is 0.860. The number of rotatable bonds is 10. The van der Waals surface area contributed by atoms with E-state index in [4.69, 9.17) is 18.9 Å². The fourth-order valence-corrected chi connectivity index (χ4v) is 4.14. The van der Waals surface area contributed by atoms with Crippen LogP contribution in [0.25, 0.3) is 11.2 Å². The lowest BCUT2D eigenvalue weighted by Gasteiger charge is -2.38. The molecule has 4 aromatic rings. The Morgan fingerprint density at radius 2 is 1.80 bits per heavy atom. The quantitative estimate of drug-likeness (QED) is 0.107. The molecular weight excluding hydrogens is 588 g/mol. The van der Waals surface area contributed by atoms with Crippen molar-refractivity contribution in [1.82, 2.24) is 19.9 Å². The van der Waals surface area contributed by atoms with Gasteiger partial charge in [-0.05, 0) is 17.2 Å². The molecule has 0 aliphatic carbocycles. The van der Waals surface area contributed by atoms with Crippen LogP contribution < -0.4 is 14.8 Å². The number of nitrogens with zero attached hydrogens (tertiary/aromatic N) is 4. The number of aliphatic hydroxyl groups excluding tert-OH is 3. The number of ether oxygens (including phenoxy) is 4. The Kier molecular flexibility index (Phi) is 8.76. The zero-order chi connectivity index (χ0) is 31.4. The monoisotopic (exact) mass is 612 g/mol. The lowest BCUT2D eigenvalue weighted by Crippen LogP contribution is -2.61. The topological polar surface area (TPSA) is 262 Å². The molecule has 44 heavy (non-hydrogen) atoms. The first-order valence-electron chi connectivity index (χ1n) is 12.8. The van der Waals surface area contributed by atoms with Crippen molar-refractivity contribution in [2.24, 2.45) is 0 Å². The highest BCUT2D eigenvalue weighted by Gasteiger charge is 2.48. The summed E-state index contributed by atoms with van der Waals surface area (Å²) in [4.78, 5) is 49.9. The van der Waals surface area contributed by atoms with Gasteiger partial charge in [-0.3, -0.25) is 15.4 Å². The van der Waals surface area contributed by atoms with Gasteiger partial charge in [-0.15, -0.1) is 0 Å². The van der Waals surface area contributed by atoms with Crippen molar-refractivity contribution in [1.29, 1.82) is 0 Å². The van der Waals surface area contributed by atoms with E-state index >= 15 is 0 Å². The highest BCUT2D eigenvalue weighted by atomic mass is 16.7. The third-order valence-corrected chi connectivity index (χ3v) is 6.33. The number of carbonyl (C=O) groups is 2. The minimum absolute atomic E-state index is 0.127. The number of H-pyrrole nitrogens is 1. The first kappa shape index (κ1) is 30.0. The normalized spacial score (nSPS) is 21.4. The number of carboxylic acids is 1. The van der Waals surface area contributed by atoms with Crippen molar-refractivity contribution < 1.29 is 53.9 Å². The molecule has 1 amide bonds. The van der Waals surface area contributed by atoms with E-state index in [-0.39, 0.29) is 29.6 Å². The summed E-state index contributed by atoms with van der Waals surface area (Å²) in [6, 6.07) is 12.7. The fourth-order valence-electron chi connectivity index (χ4n) is 4.14. The average Bonchev–Trinajstić information content (AvgIpc) is 3.48. The fraction of sp³-hybridized carbons (Fsp3) is 0.269. The van der Waals surface area contributed by atoms with Crippen molar-refractivity contribution >= 4 is 34.9 Å². The number of hydrogen-bond acceptors (Lipinski definition) is 14. The predicted molar refractivity (Wildman–Crippen MR) is 144 cm³/mol. The number of carbonyl (C=O) groups excluding carboxylic acids is 1. The molecule has 230 valence electrons. The Bertz CT molecular complexity index is 1670. The molecule has 3 heterocycles. The van der Waals surface area contributed by atoms with Crippen LogP contribution in [0.4, 0.5) is 16.4 Å². The molecule has 2 aromatic heterocycles. The molecule has 18 nitrogen and oxygen atoms in total. The summed E-state index contributed by atoms with van der Waals surface area (Å²) in [5.41, 5.74) is 1.00. The Hall–Kier alpha value is -5.43. The smallest absolute Gasteiger partial charge is 0.414 e. The maximum atomic E-state index is 12.5. The van der Waals surface area contributed by atoms with Gasteiger partial charge < -0.3 is 44.4 Å². The minimum Gasteiger partial charge on any atom is -0.479 e. The Balaban J connectivity index is 1.24. The van der Waals surface area contributed by atoms with Crippen LogP contribution in [-0.2, 0) is 27.5 Å². The molecule has 2 aromatic carbocycles. The molecule has 0 radical (unpaired) electrons. The number of fused-ring (bicyclic) bond motifs is 1.